The second-order valence-electron chi connectivity index (χ2n) is 9.27. The SMILES string of the molecule is C#CCOC(=O)c1ccc2c(C3CCN(S(=O)(=O)c4ccc(OC(C)C)cc4)CC3)cn(CC(=O)O)c2n1. The molecule has 0 radical (unpaired) electrons. The third-order valence-electron chi connectivity index (χ3n) is 6.28. The number of piperidine rings is 1. The van der Waals surface area contributed by atoms with Crippen molar-refractivity contribution in [3.05, 3.63) is 53.9 Å². The second kappa shape index (κ2) is 11.2. The van der Waals surface area contributed by atoms with Crippen molar-refractivity contribution in [1.29, 1.82) is 0 Å². The summed E-state index contributed by atoms with van der Waals surface area (Å²) in [5.41, 5.74) is 1.23. The number of pyridine rings is 1. The fourth-order valence-corrected chi connectivity index (χ4v) is 6.07. The molecule has 3 aromatic rings. The molecule has 10 nitrogen and oxygen atoms in total. The van der Waals surface area contributed by atoms with E-state index in [1.165, 1.54) is 14.9 Å². The Kier molecular flexibility index (Phi) is 8.04. The molecule has 1 fully saturated rings. The van der Waals surface area contributed by atoms with Crippen molar-refractivity contribution in [2.45, 2.75) is 50.2 Å². The first kappa shape index (κ1) is 27.2. The number of aliphatic carboxylic acids is 1. The zero-order valence-electron chi connectivity index (χ0n) is 21.2. The predicted molar refractivity (Wildman–Crippen MR) is 139 cm³/mol. The molecule has 4 rings (SSSR count). The van der Waals surface area contributed by atoms with Gasteiger partial charge < -0.3 is 19.1 Å². The van der Waals surface area contributed by atoms with Gasteiger partial charge in [0.25, 0.3) is 0 Å². The number of hydrogen-bond donors (Lipinski definition) is 1. The molecule has 1 aliphatic rings. The number of hydrogen-bond acceptors (Lipinski definition) is 7. The van der Waals surface area contributed by atoms with Crippen LogP contribution in [0.15, 0.2) is 47.5 Å². The normalized spacial score (nSPS) is 14.9. The molecule has 0 spiro atoms. The minimum atomic E-state index is -3.67. The highest BCUT2D eigenvalue weighted by Crippen LogP contribution is 2.36. The Bertz CT molecular complexity index is 1480. The molecule has 0 aliphatic carbocycles. The molecule has 0 unspecified atom stereocenters. The van der Waals surface area contributed by atoms with Crippen molar-refractivity contribution in [1.82, 2.24) is 13.9 Å². The molecule has 38 heavy (non-hydrogen) atoms. The van der Waals surface area contributed by atoms with Gasteiger partial charge in [-0.2, -0.15) is 4.31 Å². The van der Waals surface area contributed by atoms with Crippen LogP contribution in [0.5, 0.6) is 5.75 Å². The summed E-state index contributed by atoms with van der Waals surface area (Å²) in [6, 6.07) is 9.64. The van der Waals surface area contributed by atoms with Crippen LogP contribution in [0.25, 0.3) is 11.0 Å². The van der Waals surface area contributed by atoms with Gasteiger partial charge in [0.05, 0.1) is 11.0 Å². The van der Waals surface area contributed by atoms with Gasteiger partial charge in [0.2, 0.25) is 10.0 Å². The Morgan fingerprint density at radius 2 is 1.84 bits per heavy atom. The van der Waals surface area contributed by atoms with E-state index in [0.717, 1.165) is 5.56 Å². The fraction of sp³-hybridized carbons (Fsp3) is 0.370. The summed E-state index contributed by atoms with van der Waals surface area (Å²) >= 11 is 0. The number of sulfonamides is 1. The van der Waals surface area contributed by atoms with Gasteiger partial charge >= 0.3 is 11.9 Å². The minimum absolute atomic E-state index is 0.0120. The highest BCUT2D eigenvalue weighted by Gasteiger charge is 2.31. The third kappa shape index (κ3) is 5.82. The van der Waals surface area contributed by atoms with E-state index < -0.39 is 22.0 Å². The Balaban J connectivity index is 1.54. The highest BCUT2D eigenvalue weighted by molar-refractivity contribution is 7.89. The number of carboxylic acid groups (broad SMARTS) is 1. The number of terminal acetylenes is 1. The van der Waals surface area contributed by atoms with E-state index in [0.29, 0.717) is 42.7 Å². The van der Waals surface area contributed by atoms with Gasteiger partial charge in [0, 0.05) is 24.7 Å². The lowest BCUT2D eigenvalue weighted by Crippen LogP contribution is -2.37. The summed E-state index contributed by atoms with van der Waals surface area (Å²) in [7, 11) is -3.67. The molecule has 1 aromatic carbocycles. The van der Waals surface area contributed by atoms with Crippen LogP contribution in [0, 0.1) is 12.3 Å². The molecule has 0 bridgehead atoms. The lowest BCUT2D eigenvalue weighted by molar-refractivity contribution is -0.137. The lowest BCUT2D eigenvalue weighted by Gasteiger charge is -2.31. The van der Waals surface area contributed by atoms with Crippen molar-refractivity contribution in [3.63, 3.8) is 0 Å². The van der Waals surface area contributed by atoms with Crippen molar-refractivity contribution in [2.24, 2.45) is 0 Å². The molecule has 0 saturated carbocycles. The smallest absolute Gasteiger partial charge is 0.357 e. The van der Waals surface area contributed by atoms with Gasteiger partial charge in [-0.25, -0.2) is 18.2 Å². The Morgan fingerprint density at radius 3 is 2.45 bits per heavy atom. The fourth-order valence-electron chi connectivity index (χ4n) is 4.60. The van der Waals surface area contributed by atoms with E-state index in [1.807, 2.05) is 13.8 Å². The van der Waals surface area contributed by atoms with Gasteiger partial charge in [-0.05, 0) is 74.6 Å². The number of ether oxygens (including phenoxy) is 2. The first-order valence-corrected chi connectivity index (χ1v) is 13.6. The quantitative estimate of drug-likeness (QED) is 0.324. The van der Waals surface area contributed by atoms with Crippen LogP contribution in [0.2, 0.25) is 0 Å². The molecule has 0 atom stereocenters. The number of benzene rings is 1. The van der Waals surface area contributed by atoms with Gasteiger partial charge in [-0.1, -0.05) is 5.92 Å². The largest absolute Gasteiger partial charge is 0.491 e. The summed E-state index contributed by atoms with van der Waals surface area (Å²) in [5.74, 6) is 1.06. The predicted octanol–water partition coefficient (Wildman–Crippen LogP) is 3.27. The van der Waals surface area contributed by atoms with Crippen molar-refractivity contribution in [2.75, 3.05) is 19.7 Å². The molecular formula is C27H29N3O7S. The standard InChI is InChI=1S/C27H29N3O7S/c1-4-15-36-27(33)24-10-9-22-23(16-29(17-25(31)32)26(22)28-24)19-11-13-30(14-12-19)38(34,35)21-7-5-20(6-8-21)37-18(2)3/h1,5-10,16,18-19H,11-15,17H2,2-3H3,(H,31,32). The van der Waals surface area contributed by atoms with Crippen molar-refractivity contribution < 1.29 is 32.6 Å². The zero-order valence-corrected chi connectivity index (χ0v) is 22.0. The van der Waals surface area contributed by atoms with Gasteiger partial charge in [0.1, 0.15) is 17.9 Å². The third-order valence-corrected chi connectivity index (χ3v) is 8.19. The molecule has 200 valence electrons. The van der Waals surface area contributed by atoms with E-state index >= 15 is 0 Å². The number of rotatable bonds is 9. The monoisotopic (exact) mass is 539 g/mol. The summed E-state index contributed by atoms with van der Waals surface area (Å²) < 4.78 is 39.9. The summed E-state index contributed by atoms with van der Waals surface area (Å²) in [6.45, 7) is 3.89. The zero-order chi connectivity index (χ0) is 27.4. The summed E-state index contributed by atoms with van der Waals surface area (Å²) in [5, 5.41) is 10.1. The van der Waals surface area contributed by atoms with Gasteiger partial charge in [-0.15, -0.1) is 6.42 Å². The maximum absolute atomic E-state index is 13.2. The Hall–Kier alpha value is -3.88. The van der Waals surface area contributed by atoms with Gasteiger partial charge in [0.15, 0.2) is 12.3 Å². The molecule has 3 heterocycles. The van der Waals surface area contributed by atoms with Crippen molar-refractivity contribution >= 4 is 33.0 Å². The number of aromatic nitrogens is 2. The van der Waals surface area contributed by atoms with Crippen LogP contribution in [0.4, 0.5) is 0 Å². The highest BCUT2D eigenvalue weighted by atomic mass is 32.2. The molecule has 1 N–H and O–H groups in total. The van der Waals surface area contributed by atoms with E-state index in [1.54, 1.807) is 36.5 Å². The van der Waals surface area contributed by atoms with Crippen LogP contribution < -0.4 is 4.74 Å². The van der Waals surface area contributed by atoms with Crippen LogP contribution in [-0.4, -0.2) is 65.1 Å². The molecular weight excluding hydrogens is 510 g/mol. The van der Waals surface area contributed by atoms with Crippen LogP contribution >= 0.6 is 0 Å². The Morgan fingerprint density at radius 1 is 1.16 bits per heavy atom. The molecule has 2 aromatic heterocycles. The molecule has 0 amide bonds. The van der Waals surface area contributed by atoms with E-state index in [-0.39, 0.29) is 35.8 Å². The minimum Gasteiger partial charge on any atom is -0.491 e. The van der Waals surface area contributed by atoms with Crippen LogP contribution in [0.3, 0.4) is 0 Å². The number of carbonyl (C=O) groups excluding carboxylic acids is 1. The maximum Gasteiger partial charge on any atom is 0.357 e. The van der Waals surface area contributed by atoms with Crippen LogP contribution in [0.1, 0.15) is 48.7 Å². The van der Waals surface area contributed by atoms with E-state index in [9.17, 15) is 23.1 Å². The molecule has 1 aliphatic heterocycles. The van der Waals surface area contributed by atoms with Crippen LogP contribution in [-0.2, 0) is 26.1 Å². The number of nitrogens with zero attached hydrogens (tertiary/aromatic N) is 3. The number of esters is 1. The first-order chi connectivity index (χ1) is 18.1. The van der Waals surface area contributed by atoms with E-state index in [4.69, 9.17) is 15.9 Å². The number of carbonyl (C=O) groups is 2. The number of fused-ring (bicyclic) bond motifs is 1. The second-order valence-corrected chi connectivity index (χ2v) is 11.2. The van der Waals surface area contributed by atoms with Crippen molar-refractivity contribution in [3.8, 4) is 18.1 Å². The average molecular weight is 540 g/mol. The molecule has 1 saturated heterocycles. The summed E-state index contributed by atoms with van der Waals surface area (Å²) in [4.78, 5) is 28.3. The van der Waals surface area contributed by atoms with Gasteiger partial charge in [-0.3, -0.25) is 4.79 Å². The Labute approximate surface area is 221 Å². The topological polar surface area (TPSA) is 128 Å². The first-order valence-electron chi connectivity index (χ1n) is 12.2. The van der Waals surface area contributed by atoms with E-state index in [2.05, 4.69) is 10.9 Å². The lowest BCUT2D eigenvalue weighted by atomic mass is 9.90. The number of carboxylic acids is 1. The average Bonchev–Trinajstić information content (AvgIpc) is 3.24. The maximum atomic E-state index is 13.2. The molecule has 11 heteroatoms. The summed E-state index contributed by atoms with van der Waals surface area (Å²) in [6.07, 6.45) is 7.95.